The van der Waals surface area contributed by atoms with Crippen molar-refractivity contribution in [2.24, 2.45) is 0 Å². The normalized spacial score (nSPS) is 12.8. The summed E-state index contributed by atoms with van der Waals surface area (Å²) in [5.41, 5.74) is 5.74. The zero-order valence-electron chi connectivity index (χ0n) is 18.9. The molecule has 1 aliphatic carbocycles. The van der Waals surface area contributed by atoms with Crippen LogP contribution in [0.4, 0.5) is 10.5 Å². The van der Waals surface area contributed by atoms with Crippen LogP contribution in [-0.4, -0.2) is 47.4 Å². The van der Waals surface area contributed by atoms with Crippen LogP contribution in [0.1, 0.15) is 29.0 Å². The molecule has 0 radical (unpaired) electrons. The average molecular weight is 475 g/mol. The van der Waals surface area contributed by atoms with Crippen molar-refractivity contribution in [3.63, 3.8) is 0 Å². The number of benzene rings is 3. The van der Waals surface area contributed by atoms with Crippen LogP contribution in [0.2, 0.25) is 0 Å². The van der Waals surface area contributed by atoms with Gasteiger partial charge >= 0.3 is 12.1 Å². The number of carbonyl (C=O) groups excluding carboxylic acids is 2. The van der Waals surface area contributed by atoms with E-state index in [2.05, 4.69) is 22.8 Å². The molecule has 0 aromatic heterocycles. The highest BCUT2D eigenvalue weighted by atomic mass is 16.5. The number of rotatable bonds is 9. The lowest BCUT2D eigenvalue weighted by atomic mass is 9.98. The summed E-state index contributed by atoms with van der Waals surface area (Å²) in [4.78, 5) is 35.7. The number of aryl methyl sites for hydroxylation is 1. The quantitative estimate of drug-likeness (QED) is 0.376. The maximum atomic E-state index is 12.6. The van der Waals surface area contributed by atoms with E-state index in [1.54, 1.807) is 24.3 Å². The summed E-state index contributed by atoms with van der Waals surface area (Å²) in [5.74, 6) is -1.87. The second-order valence-electron chi connectivity index (χ2n) is 8.25. The molecule has 2 amide bonds. The molecule has 3 aromatic rings. The first kappa shape index (κ1) is 24.0. The Hall–Kier alpha value is -4.17. The SMILES string of the molecule is O=C(CCc1ccccc1NC(=O)OCC1c2ccccc2-c2ccccc21)N[C@@H](CO)C(=O)O. The van der Waals surface area contributed by atoms with E-state index in [9.17, 15) is 14.4 Å². The minimum Gasteiger partial charge on any atom is -0.480 e. The fourth-order valence-electron chi connectivity index (χ4n) is 4.30. The number of fused-ring (bicyclic) bond motifs is 3. The van der Waals surface area contributed by atoms with E-state index >= 15 is 0 Å². The van der Waals surface area contributed by atoms with Gasteiger partial charge in [-0.3, -0.25) is 10.1 Å². The molecule has 35 heavy (non-hydrogen) atoms. The minimum atomic E-state index is -1.35. The van der Waals surface area contributed by atoms with E-state index in [-0.39, 0.29) is 25.4 Å². The molecule has 1 aliphatic rings. The van der Waals surface area contributed by atoms with Gasteiger partial charge in [0.25, 0.3) is 0 Å². The molecule has 1 atom stereocenters. The largest absolute Gasteiger partial charge is 0.480 e. The third kappa shape index (κ3) is 5.50. The van der Waals surface area contributed by atoms with Gasteiger partial charge in [-0.25, -0.2) is 9.59 Å². The number of hydrogen-bond donors (Lipinski definition) is 4. The average Bonchev–Trinajstić information content (AvgIpc) is 3.19. The van der Waals surface area contributed by atoms with Crippen molar-refractivity contribution >= 4 is 23.7 Å². The maximum absolute atomic E-state index is 12.6. The number of anilines is 1. The van der Waals surface area contributed by atoms with Gasteiger partial charge in [-0.15, -0.1) is 0 Å². The van der Waals surface area contributed by atoms with Crippen LogP contribution >= 0.6 is 0 Å². The van der Waals surface area contributed by atoms with Crippen LogP contribution < -0.4 is 10.6 Å². The Kier molecular flexibility index (Phi) is 7.42. The number of amides is 2. The Labute approximate surface area is 202 Å². The van der Waals surface area contributed by atoms with E-state index in [0.717, 1.165) is 22.3 Å². The van der Waals surface area contributed by atoms with Crippen molar-refractivity contribution in [3.05, 3.63) is 89.5 Å². The first-order valence-electron chi connectivity index (χ1n) is 11.3. The molecule has 0 heterocycles. The van der Waals surface area contributed by atoms with Gasteiger partial charge in [0.2, 0.25) is 5.91 Å². The fraction of sp³-hybridized carbons (Fsp3) is 0.222. The summed E-state index contributed by atoms with van der Waals surface area (Å²) in [6.45, 7) is -0.511. The first-order chi connectivity index (χ1) is 17.0. The molecule has 180 valence electrons. The van der Waals surface area contributed by atoms with Gasteiger partial charge in [0.1, 0.15) is 12.6 Å². The van der Waals surface area contributed by atoms with Crippen LogP contribution in [0.3, 0.4) is 0 Å². The van der Waals surface area contributed by atoms with Crippen molar-refractivity contribution < 1.29 is 29.3 Å². The van der Waals surface area contributed by atoms with Crippen LogP contribution in [-0.2, 0) is 20.7 Å². The van der Waals surface area contributed by atoms with Crippen LogP contribution in [0.15, 0.2) is 72.8 Å². The van der Waals surface area contributed by atoms with E-state index in [0.29, 0.717) is 11.3 Å². The Morgan fingerprint density at radius 3 is 2.11 bits per heavy atom. The van der Waals surface area contributed by atoms with Crippen molar-refractivity contribution in [1.82, 2.24) is 5.32 Å². The monoisotopic (exact) mass is 474 g/mol. The highest BCUT2D eigenvalue weighted by Gasteiger charge is 2.29. The molecular weight excluding hydrogens is 448 g/mol. The van der Waals surface area contributed by atoms with E-state index < -0.39 is 30.6 Å². The number of carboxylic acids is 1. The van der Waals surface area contributed by atoms with Gasteiger partial charge < -0.3 is 20.3 Å². The number of aliphatic carboxylic acids is 1. The predicted octanol–water partition coefficient (Wildman–Crippen LogP) is 3.54. The van der Waals surface area contributed by atoms with Gasteiger partial charge in [0.15, 0.2) is 0 Å². The molecule has 0 spiro atoms. The number of para-hydroxylation sites is 1. The maximum Gasteiger partial charge on any atom is 0.411 e. The Balaban J connectivity index is 1.37. The molecular formula is C27H26N2O6. The van der Waals surface area contributed by atoms with E-state index in [1.807, 2.05) is 36.4 Å². The van der Waals surface area contributed by atoms with E-state index in [1.165, 1.54) is 0 Å². The van der Waals surface area contributed by atoms with Crippen LogP contribution in [0.25, 0.3) is 11.1 Å². The summed E-state index contributed by atoms with van der Waals surface area (Å²) < 4.78 is 5.60. The van der Waals surface area contributed by atoms with Gasteiger partial charge in [-0.05, 0) is 40.3 Å². The Morgan fingerprint density at radius 2 is 1.49 bits per heavy atom. The number of carboxylic acid groups (broad SMARTS) is 1. The lowest BCUT2D eigenvalue weighted by molar-refractivity contribution is -0.142. The van der Waals surface area contributed by atoms with Crippen molar-refractivity contribution in [2.45, 2.75) is 24.8 Å². The number of nitrogens with one attached hydrogen (secondary N) is 2. The zero-order chi connectivity index (χ0) is 24.8. The second kappa shape index (κ2) is 10.8. The molecule has 0 saturated carbocycles. The van der Waals surface area contributed by atoms with Crippen LogP contribution in [0.5, 0.6) is 0 Å². The van der Waals surface area contributed by atoms with Gasteiger partial charge in [0, 0.05) is 18.0 Å². The number of aliphatic hydroxyl groups excluding tert-OH is 1. The third-order valence-electron chi connectivity index (χ3n) is 6.04. The second-order valence-corrected chi connectivity index (χ2v) is 8.25. The molecule has 3 aromatic carbocycles. The molecule has 8 heteroatoms. The summed E-state index contributed by atoms with van der Waals surface area (Å²) in [6.07, 6.45) is -0.341. The predicted molar refractivity (Wildman–Crippen MR) is 130 cm³/mol. The third-order valence-corrected chi connectivity index (χ3v) is 6.04. The van der Waals surface area contributed by atoms with Gasteiger partial charge in [-0.1, -0.05) is 66.7 Å². The topological polar surface area (TPSA) is 125 Å². The molecule has 0 unspecified atom stereocenters. The minimum absolute atomic E-state index is 0.00678. The van der Waals surface area contributed by atoms with Crippen LogP contribution in [0, 0.1) is 0 Å². The molecule has 0 bridgehead atoms. The molecule has 0 aliphatic heterocycles. The van der Waals surface area contributed by atoms with Crippen molar-refractivity contribution in [3.8, 4) is 11.1 Å². The summed E-state index contributed by atoms with van der Waals surface area (Å²) >= 11 is 0. The molecule has 8 nitrogen and oxygen atoms in total. The Bertz CT molecular complexity index is 1200. The first-order valence-corrected chi connectivity index (χ1v) is 11.3. The number of carbonyl (C=O) groups is 3. The lowest BCUT2D eigenvalue weighted by Crippen LogP contribution is -2.43. The highest BCUT2D eigenvalue weighted by molar-refractivity contribution is 5.87. The zero-order valence-corrected chi connectivity index (χ0v) is 18.9. The summed E-state index contributed by atoms with van der Waals surface area (Å²) in [5, 5.41) is 23.0. The van der Waals surface area contributed by atoms with Crippen molar-refractivity contribution in [2.75, 3.05) is 18.5 Å². The standard InChI is InChI=1S/C27H26N2O6/c30-15-24(26(32)33)28-25(31)14-13-17-7-1-6-12-23(17)29-27(34)35-16-22-20-10-4-2-8-18(20)19-9-3-5-11-21(19)22/h1-12,22,24,30H,13-16H2,(H,28,31)(H,29,34)(H,32,33)/t24-/m0/s1. The van der Waals surface area contributed by atoms with E-state index in [4.69, 9.17) is 14.9 Å². The Morgan fingerprint density at radius 1 is 0.886 bits per heavy atom. The van der Waals surface area contributed by atoms with Gasteiger partial charge in [-0.2, -0.15) is 0 Å². The molecule has 4 N–H and O–H groups in total. The number of aliphatic hydroxyl groups is 1. The van der Waals surface area contributed by atoms with Gasteiger partial charge in [0.05, 0.1) is 6.61 Å². The summed E-state index contributed by atoms with van der Waals surface area (Å²) in [6, 6.07) is 21.8. The lowest BCUT2D eigenvalue weighted by Gasteiger charge is -2.16. The highest BCUT2D eigenvalue weighted by Crippen LogP contribution is 2.44. The fourth-order valence-corrected chi connectivity index (χ4v) is 4.30. The summed E-state index contributed by atoms with van der Waals surface area (Å²) in [7, 11) is 0. The smallest absolute Gasteiger partial charge is 0.411 e. The van der Waals surface area contributed by atoms with Crippen molar-refractivity contribution in [1.29, 1.82) is 0 Å². The number of ether oxygens (including phenoxy) is 1. The number of hydrogen-bond acceptors (Lipinski definition) is 5. The molecule has 0 fully saturated rings. The molecule has 0 saturated heterocycles. The molecule has 4 rings (SSSR count).